The molecule has 6 heteroatoms. The molecule has 2 N–H and O–H groups in total. The van der Waals surface area contributed by atoms with Gasteiger partial charge in [0, 0.05) is 32.4 Å². The minimum absolute atomic E-state index is 0.0253. The number of piperidine rings is 1. The molecule has 0 unspecified atom stereocenters. The van der Waals surface area contributed by atoms with Crippen LogP contribution in [0.3, 0.4) is 0 Å². The Hall–Kier alpha value is -2.08. The number of hydrogen-bond donors (Lipinski definition) is 1. The molecular weight excluding hydrogens is 284 g/mol. The van der Waals surface area contributed by atoms with Gasteiger partial charge in [-0.2, -0.15) is 0 Å². The third-order valence-electron chi connectivity index (χ3n) is 3.79. The maximum Gasteiger partial charge on any atom is 0.255 e. The predicted octanol–water partition coefficient (Wildman–Crippen LogP) is 1.05. The van der Waals surface area contributed by atoms with Crippen molar-refractivity contribution in [1.82, 2.24) is 4.90 Å². The highest BCUT2D eigenvalue weighted by Crippen LogP contribution is 2.20. The van der Waals surface area contributed by atoms with Gasteiger partial charge in [0.15, 0.2) is 6.61 Å². The van der Waals surface area contributed by atoms with Crippen molar-refractivity contribution in [3.8, 4) is 5.75 Å². The SMILES string of the molecule is COCC1CCN(C(=O)c2ccc(OCC(N)=O)cc2)CC1. The molecule has 1 saturated heterocycles. The standard InChI is InChI=1S/C16H22N2O4/c1-21-10-12-6-8-18(9-7-12)16(20)13-2-4-14(5-3-13)22-11-15(17)19/h2-5,12H,6-11H2,1H3,(H2,17,19). The quantitative estimate of drug-likeness (QED) is 0.851. The zero-order chi connectivity index (χ0) is 15.9. The van der Waals surface area contributed by atoms with Crippen LogP contribution in [-0.2, 0) is 9.53 Å². The van der Waals surface area contributed by atoms with Gasteiger partial charge in [-0.25, -0.2) is 0 Å². The van der Waals surface area contributed by atoms with Crippen molar-refractivity contribution in [2.75, 3.05) is 33.4 Å². The lowest BCUT2D eigenvalue weighted by molar-refractivity contribution is -0.119. The van der Waals surface area contributed by atoms with Gasteiger partial charge in [-0.05, 0) is 43.0 Å². The number of carbonyl (C=O) groups is 2. The monoisotopic (exact) mass is 306 g/mol. The summed E-state index contributed by atoms with van der Waals surface area (Å²) in [5.41, 5.74) is 5.64. The van der Waals surface area contributed by atoms with E-state index in [-0.39, 0.29) is 12.5 Å². The van der Waals surface area contributed by atoms with E-state index in [0.29, 0.717) is 17.2 Å². The van der Waals surface area contributed by atoms with E-state index in [1.54, 1.807) is 31.4 Å². The van der Waals surface area contributed by atoms with Crippen LogP contribution in [0.4, 0.5) is 0 Å². The average Bonchev–Trinajstić information content (AvgIpc) is 2.54. The van der Waals surface area contributed by atoms with Gasteiger partial charge in [0.25, 0.3) is 11.8 Å². The second kappa shape index (κ2) is 7.79. The number of benzene rings is 1. The minimum atomic E-state index is -0.529. The molecule has 0 bridgehead atoms. The van der Waals surface area contributed by atoms with Crippen LogP contribution in [0.15, 0.2) is 24.3 Å². The van der Waals surface area contributed by atoms with Crippen molar-refractivity contribution in [3.05, 3.63) is 29.8 Å². The van der Waals surface area contributed by atoms with Crippen LogP contribution in [0.5, 0.6) is 5.75 Å². The zero-order valence-electron chi connectivity index (χ0n) is 12.8. The molecule has 22 heavy (non-hydrogen) atoms. The number of amides is 2. The number of ether oxygens (including phenoxy) is 2. The number of primary amides is 1. The maximum atomic E-state index is 12.4. The number of methoxy groups -OCH3 is 1. The summed E-state index contributed by atoms with van der Waals surface area (Å²) in [6, 6.07) is 6.77. The Morgan fingerprint density at radius 2 is 1.86 bits per heavy atom. The molecule has 0 spiro atoms. The van der Waals surface area contributed by atoms with E-state index in [4.69, 9.17) is 15.2 Å². The summed E-state index contributed by atoms with van der Waals surface area (Å²) in [6.45, 7) is 2.10. The highest BCUT2D eigenvalue weighted by Gasteiger charge is 2.23. The zero-order valence-corrected chi connectivity index (χ0v) is 12.8. The Bertz CT molecular complexity index is 507. The number of rotatable bonds is 6. The lowest BCUT2D eigenvalue weighted by atomic mass is 9.97. The van der Waals surface area contributed by atoms with Gasteiger partial charge in [0.1, 0.15) is 5.75 Å². The Kier molecular flexibility index (Phi) is 5.77. The molecule has 0 atom stereocenters. The van der Waals surface area contributed by atoms with Crippen molar-refractivity contribution in [2.24, 2.45) is 11.7 Å². The fourth-order valence-electron chi connectivity index (χ4n) is 2.57. The third kappa shape index (κ3) is 4.46. The van der Waals surface area contributed by atoms with Crippen LogP contribution in [0.2, 0.25) is 0 Å². The summed E-state index contributed by atoms with van der Waals surface area (Å²) in [4.78, 5) is 24.9. The summed E-state index contributed by atoms with van der Waals surface area (Å²) < 4.78 is 10.3. The molecule has 1 fully saturated rings. The fourth-order valence-corrected chi connectivity index (χ4v) is 2.57. The van der Waals surface area contributed by atoms with Gasteiger partial charge in [-0.3, -0.25) is 9.59 Å². The van der Waals surface area contributed by atoms with Crippen molar-refractivity contribution in [2.45, 2.75) is 12.8 Å². The number of likely N-dealkylation sites (tertiary alicyclic amines) is 1. The summed E-state index contributed by atoms with van der Waals surface area (Å²) >= 11 is 0. The molecule has 0 aromatic heterocycles. The first kappa shape index (κ1) is 16.3. The minimum Gasteiger partial charge on any atom is -0.484 e. The largest absolute Gasteiger partial charge is 0.484 e. The Balaban J connectivity index is 1.89. The fraction of sp³-hybridized carbons (Fsp3) is 0.500. The van der Waals surface area contributed by atoms with E-state index in [2.05, 4.69) is 0 Å². The van der Waals surface area contributed by atoms with Gasteiger partial charge in [0.05, 0.1) is 0 Å². The second-order valence-electron chi connectivity index (χ2n) is 5.47. The van der Waals surface area contributed by atoms with E-state index in [0.717, 1.165) is 32.5 Å². The summed E-state index contributed by atoms with van der Waals surface area (Å²) in [5.74, 6) is 0.559. The van der Waals surface area contributed by atoms with Crippen LogP contribution in [-0.4, -0.2) is 50.1 Å². The second-order valence-corrected chi connectivity index (χ2v) is 5.47. The Morgan fingerprint density at radius 1 is 1.23 bits per heavy atom. The molecule has 6 nitrogen and oxygen atoms in total. The van der Waals surface area contributed by atoms with Crippen molar-refractivity contribution in [3.63, 3.8) is 0 Å². The van der Waals surface area contributed by atoms with Gasteiger partial charge >= 0.3 is 0 Å². The highest BCUT2D eigenvalue weighted by atomic mass is 16.5. The van der Waals surface area contributed by atoms with Crippen LogP contribution in [0, 0.1) is 5.92 Å². The summed E-state index contributed by atoms with van der Waals surface area (Å²) in [6.07, 6.45) is 1.94. The molecule has 1 aliphatic heterocycles. The molecule has 0 radical (unpaired) electrons. The number of carbonyl (C=O) groups excluding carboxylic acids is 2. The summed E-state index contributed by atoms with van der Waals surface area (Å²) in [5, 5.41) is 0. The number of nitrogens with two attached hydrogens (primary N) is 1. The predicted molar refractivity (Wildman–Crippen MR) is 81.6 cm³/mol. The molecular formula is C16H22N2O4. The van der Waals surface area contributed by atoms with Crippen molar-refractivity contribution in [1.29, 1.82) is 0 Å². The van der Waals surface area contributed by atoms with E-state index < -0.39 is 5.91 Å². The van der Waals surface area contributed by atoms with E-state index in [1.807, 2.05) is 4.90 Å². The Morgan fingerprint density at radius 3 is 2.41 bits per heavy atom. The molecule has 1 aromatic rings. The highest BCUT2D eigenvalue weighted by molar-refractivity contribution is 5.94. The number of hydrogen-bond acceptors (Lipinski definition) is 4. The molecule has 2 amide bonds. The summed E-state index contributed by atoms with van der Waals surface area (Å²) in [7, 11) is 1.71. The van der Waals surface area contributed by atoms with Crippen molar-refractivity contribution < 1.29 is 19.1 Å². The first-order chi connectivity index (χ1) is 10.6. The molecule has 2 rings (SSSR count). The van der Waals surface area contributed by atoms with Crippen LogP contribution < -0.4 is 10.5 Å². The normalized spacial score (nSPS) is 15.6. The first-order valence-electron chi connectivity index (χ1n) is 7.39. The van der Waals surface area contributed by atoms with Gasteiger partial charge in [0.2, 0.25) is 0 Å². The molecule has 0 aliphatic carbocycles. The third-order valence-corrected chi connectivity index (χ3v) is 3.79. The average molecular weight is 306 g/mol. The topological polar surface area (TPSA) is 81.9 Å². The van der Waals surface area contributed by atoms with Crippen molar-refractivity contribution >= 4 is 11.8 Å². The smallest absolute Gasteiger partial charge is 0.255 e. The molecule has 0 saturated carbocycles. The van der Waals surface area contributed by atoms with E-state index in [1.165, 1.54) is 0 Å². The lowest BCUT2D eigenvalue weighted by Gasteiger charge is -2.31. The van der Waals surface area contributed by atoms with E-state index in [9.17, 15) is 9.59 Å². The van der Waals surface area contributed by atoms with Gasteiger partial charge in [-0.15, -0.1) is 0 Å². The molecule has 120 valence electrons. The van der Waals surface area contributed by atoms with E-state index >= 15 is 0 Å². The van der Waals surface area contributed by atoms with Crippen LogP contribution in [0.25, 0.3) is 0 Å². The lowest BCUT2D eigenvalue weighted by Crippen LogP contribution is -2.39. The van der Waals surface area contributed by atoms with Crippen LogP contribution >= 0.6 is 0 Å². The van der Waals surface area contributed by atoms with Gasteiger partial charge in [-0.1, -0.05) is 0 Å². The molecule has 1 heterocycles. The number of nitrogens with zero attached hydrogens (tertiary/aromatic N) is 1. The molecule has 1 aliphatic rings. The first-order valence-corrected chi connectivity index (χ1v) is 7.39. The van der Waals surface area contributed by atoms with Gasteiger partial charge < -0.3 is 20.1 Å². The van der Waals surface area contributed by atoms with Crippen LogP contribution in [0.1, 0.15) is 23.2 Å². The maximum absolute atomic E-state index is 12.4. The Labute approximate surface area is 130 Å². The molecule has 1 aromatic carbocycles.